The number of amides is 3. The quantitative estimate of drug-likeness (QED) is 0.443. The van der Waals surface area contributed by atoms with Crippen LogP contribution in [0.1, 0.15) is 25.3 Å². The van der Waals surface area contributed by atoms with Crippen molar-refractivity contribution in [3.63, 3.8) is 0 Å². The molecule has 1 aromatic rings. The van der Waals surface area contributed by atoms with Gasteiger partial charge in [0, 0.05) is 11.6 Å². The Labute approximate surface area is 167 Å². The smallest absolute Gasteiger partial charge is 0.326 e. The van der Waals surface area contributed by atoms with E-state index < -0.39 is 36.4 Å². The highest BCUT2D eigenvalue weighted by atomic mass is 35.5. The van der Waals surface area contributed by atoms with E-state index in [1.165, 1.54) is 6.92 Å². The van der Waals surface area contributed by atoms with Gasteiger partial charge in [0.1, 0.15) is 6.54 Å². The van der Waals surface area contributed by atoms with E-state index in [0.717, 1.165) is 10.5 Å². The molecule has 1 fully saturated rings. The number of imide groups is 1. The summed E-state index contributed by atoms with van der Waals surface area (Å²) in [6, 6.07) is 7.07. The molecule has 1 aromatic carbocycles. The first-order valence-corrected chi connectivity index (χ1v) is 9.47. The summed E-state index contributed by atoms with van der Waals surface area (Å²) in [5.41, 5.74) is 0.737. The van der Waals surface area contributed by atoms with Crippen molar-refractivity contribution in [2.45, 2.75) is 32.4 Å². The van der Waals surface area contributed by atoms with Crippen LogP contribution in [-0.4, -0.2) is 41.2 Å². The van der Waals surface area contributed by atoms with Gasteiger partial charge in [-0.3, -0.25) is 24.1 Å². The highest BCUT2D eigenvalue weighted by molar-refractivity contribution is 6.31. The normalized spacial score (nSPS) is 22.0. The average Bonchev–Trinajstić information content (AvgIpc) is 2.92. The van der Waals surface area contributed by atoms with Crippen LogP contribution in [0.2, 0.25) is 5.02 Å². The minimum absolute atomic E-state index is 0.194. The Hall–Kier alpha value is -2.67. The van der Waals surface area contributed by atoms with E-state index in [2.05, 4.69) is 5.32 Å². The van der Waals surface area contributed by atoms with Crippen molar-refractivity contribution in [1.29, 1.82) is 0 Å². The zero-order chi connectivity index (χ0) is 20.3. The van der Waals surface area contributed by atoms with Crippen LogP contribution in [0.4, 0.5) is 0 Å². The van der Waals surface area contributed by atoms with Gasteiger partial charge >= 0.3 is 5.97 Å². The van der Waals surface area contributed by atoms with Crippen LogP contribution in [0, 0.1) is 11.8 Å². The Kier molecular flexibility index (Phi) is 6.14. The van der Waals surface area contributed by atoms with Gasteiger partial charge in [-0.1, -0.05) is 42.0 Å². The van der Waals surface area contributed by atoms with Crippen LogP contribution in [-0.2, 0) is 30.5 Å². The van der Waals surface area contributed by atoms with Crippen molar-refractivity contribution < 1.29 is 23.9 Å². The van der Waals surface area contributed by atoms with E-state index in [4.69, 9.17) is 16.3 Å². The third-order valence-corrected chi connectivity index (χ3v) is 5.34. The lowest BCUT2D eigenvalue weighted by molar-refractivity contribution is -0.159. The van der Waals surface area contributed by atoms with Gasteiger partial charge in [-0.15, -0.1) is 0 Å². The number of carbonyl (C=O) groups is 4. The summed E-state index contributed by atoms with van der Waals surface area (Å²) in [5, 5.41) is 3.16. The molecule has 3 amide bonds. The number of hydrogen-bond acceptors (Lipinski definition) is 5. The summed E-state index contributed by atoms with van der Waals surface area (Å²) in [7, 11) is 0. The summed E-state index contributed by atoms with van der Waals surface area (Å²) in [5.74, 6) is -2.80. The van der Waals surface area contributed by atoms with Gasteiger partial charge < -0.3 is 10.1 Å². The fourth-order valence-electron chi connectivity index (χ4n) is 3.41. The van der Waals surface area contributed by atoms with E-state index in [1.54, 1.807) is 24.3 Å². The second-order valence-corrected chi connectivity index (χ2v) is 7.27. The molecule has 1 aliphatic heterocycles. The molecule has 28 heavy (non-hydrogen) atoms. The molecule has 0 unspecified atom stereocenters. The summed E-state index contributed by atoms with van der Waals surface area (Å²) in [4.78, 5) is 50.0. The van der Waals surface area contributed by atoms with Crippen LogP contribution in [0.3, 0.4) is 0 Å². The maximum atomic E-state index is 12.4. The zero-order valence-electron chi connectivity index (χ0n) is 15.4. The molecular formula is C20H21ClN2O5. The number of carbonyl (C=O) groups excluding carboxylic acids is 4. The van der Waals surface area contributed by atoms with Crippen molar-refractivity contribution in [3.05, 3.63) is 47.0 Å². The first kappa shape index (κ1) is 20.1. The summed E-state index contributed by atoms with van der Waals surface area (Å²) < 4.78 is 5.10. The van der Waals surface area contributed by atoms with Gasteiger partial charge in [0.15, 0.2) is 6.10 Å². The number of hydrogen-bond donors (Lipinski definition) is 1. The number of allylic oxidation sites excluding steroid dienone is 2. The van der Waals surface area contributed by atoms with E-state index in [0.29, 0.717) is 17.9 Å². The molecule has 8 heteroatoms. The van der Waals surface area contributed by atoms with Gasteiger partial charge in [0.25, 0.3) is 5.91 Å². The Balaban J connectivity index is 1.50. The maximum absolute atomic E-state index is 12.4. The molecule has 0 aromatic heterocycles. The number of nitrogens with zero attached hydrogens (tertiary/aromatic N) is 1. The minimum Gasteiger partial charge on any atom is -0.451 e. The lowest BCUT2D eigenvalue weighted by Gasteiger charge is -2.17. The molecule has 7 nitrogen and oxygen atoms in total. The molecule has 0 saturated carbocycles. The van der Waals surface area contributed by atoms with Crippen molar-refractivity contribution in [1.82, 2.24) is 10.2 Å². The molecule has 3 atom stereocenters. The van der Waals surface area contributed by atoms with Crippen LogP contribution in [0.5, 0.6) is 0 Å². The van der Waals surface area contributed by atoms with Crippen molar-refractivity contribution in [2.75, 3.05) is 6.54 Å². The second kappa shape index (κ2) is 8.56. The number of ether oxygens (including phenoxy) is 1. The third-order valence-electron chi connectivity index (χ3n) is 4.97. The van der Waals surface area contributed by atoms with Gasteiger partial charge in [-0.25, -0.2) is 0 Å². The predicted molar refractivity (Wildman–Crippen MR) is 101 cm³/mol. The average molecular weight is 405 g/mol. The highest BCUT2D eigenvalue weighted by Gasteiger charge is 2.47. The number of halogens is 1. The topological polar surface area (TPSA) is 92.8 Å². The molecule has 0 spiro atoms. The third kappa shape index (κ3) is 4.25. The van der Waals surface area contributed by atoms with Gasteiger partial charge in [-0.2, -0.15) is 0 Å². The van der Waals surface area contributed by atoms with Crippen molar-refractivity contribution >= 4 is 35.3 Å². The molecule has 1 aliphatic carbocycles. The summed E-state index contributed by atoms with van der Waals surface area (Å²) in [6.07, 6.45) is 3.69. The van der Waals surface area contributed by atoms with E-state index in [-0.39, 0.29) is 18.4 Å². The number of fused-ring (bicyclic) bond motifs is 1. The molecule has 3 rings (SSSR count). The molecule has 0 bridgehead atoms. The monoisotopic (exact) mass is 404 g/mol. The van der Waals surface area contributed by atoms with E-state index in [1.807, 2.05) is 12.2 Å². The van der Waals surface area contributed by atoms with Gasteiger partial charge in [0.2, 0.25) is 11.8 Å². The fraction of sp³-hybridized carbons (Fsp3) is 0.400. The molecule has 1 saturated heterocycles. The number of nitrogens with one attached hydrogen (secondary N) is 1. The largest absolute Gasteiger partial charge is 0.451 e. The number of esters is 1. The zero-order valence-corrected chi connectivity index (χ0v) is 16.1. The first-order chi connectivity index (χ1) is 13.4. The fourth-order valence-corrected chi connectivity index (χ4v) is 3.61. The number of benzene rings is 1. The number of rotatable bonds is 6. The van der Waals surface area contributed by atoms with Gasteiger partial charge in [-0.05, 0) is 31.4 Å². The lowest BCUT2D eigenvalue weighted by atomic mass is 9.85. The lowest BCUT2D eigenvalue weighted by Crippen LogP contribution is -2.40. The van der Waals surface area contributed by atoms with Gasteiger partial charge in [0.05, 0.1) is 11.8 Å². The number of likely N-dealkylation sites (tertiary alicyclic amines) is 1. The van der Waals surface area contributed by atoms with Crippen molar-refractivity contribution in [3.8, 4) is 0 Å². The highest BCUT2D eigenvalue weighted by Crippen LogP contribution is 2.34. The van der Waals surface area contributed by atoms with E-state index >= 15 is 0 Å². The Morgan fingerprint density at radius 2 is 1.79 bits per heavy atom. The molecule has 1 heterocycles. The molecule has 2 aliphatic rings. The Morgan fingerprint density at radius 1 is 1.18 bits per heavy atom. The summed E-state index contributed by atoms with van der Waals surface area (Å²) >= 11 is 6.04. The predicted octanol–water partition coefficient (Wildman–Crippen LogP) is 1.84. The standard InChI is InChI=1S/C20H21ClN2O5/c1-12(18(25)22-10-13-6-2-5-9-16(13)21)28-17(24)11-23-19(26)14-7-3-4-8-15(14)20(23)27/h2-6,9,12,14-15H,7-8,10-11H2,1H3,(H,22,25)/t12-,14-,15+/m0/s1. The van der Waals surface area contributed by atoms with Crippen LogP contribution >= 0.6 is 11.6 Å². The molecule has 0 radical (unpaired) electrons. The maximum Gasteiger partial charge on any atom is 0.326 e. The SMILES string of the molecule is C[C@H](OC(=O)CN1C(=O)[C@H]2CC=CC[C@H]2C1=O)C(=O)NCc1ccccc1Cl. The van der Waals surface area contributed by atoms with E-state index in [9.17, 15) is 19.2 Å². The molecular weight excluding hydrogens is 384 g/mol. The van der Waals surface area contributed by atoms with Crippen LogP contribution < -0.4 is 5.32 Å². The summed E-state index contributed by atoms with van der Waals surface area (Å²) in [6.45, 7) is 1.14. The first-order valence-electron chi connectivity index (χ1n) is 9.09. The minimum atomic E-state index is -1.06. The molecule has 1 N–H and O–H groups in total. The van der Waals surface area contributed by atoms with Crippen molar-refractivity contribution in [2.24, 2.45) is 11.8 Å². The second-order valence-electron chi connectivity index (χ2n) is 6.86. The molecule has 148 valence electrons. The van der Waals surface area contributed by atoms with Crippen LogP contribution in [0.15, 0.2) is 36.4 Å². The Bertz CT molecular complexity index is 812. The van der Waals surface area contributed by atoms with Crippen LogP contribution in [0.25, 0.3) is 0 Å². The Morgan fingerprint density at radius 3 is 2.39 bits per heavy atom.